The zero-order valence-electron chi connectivity index (χ0n) is 55.5. The van der Waals surface area contributed by atoms with Gasteiger partial charge in [-0.3, -0.25) is 67.5 Å². The van der Waals surface area contributed by atoms with Gasteiger partial charge in [0.05, 0.1) is 29.2 Å². The minimum atomic E-state index is -1.55. The first-order valence-electron chi connectivity index (χ1n) is 32.4. The molecule has 1 unspecified atom stereocenters. The van der Waals surface area contributed by atoms with Crippen molar-refractivity contribution in [2.24, 2.45) is 15.7 Å². The van der Waals surface area contributed by atoms with Gasteiger partial charge in [0.15, 0.2) is 0 Å². The van der Waals surface area contributed by atoms with Gasteiger partial charge in [0, 0.05) is 105 Å². The number of aliphatic carboxylic acids is 8. The summed E-state index contributed by atoms with van der Waals surface area (Å²) in [6.45, 7) is -1.00. The van der Waals surface area contributed by atoms with E-state index in [-0.39, 0.29) is 135 Å². The number of rotatable bonds is 43. The van der Waals surface area contributed by atoms with Gasteiger partial charge >= 0.3 is 53.8 Å². The predicted octanol–water partition coefficient (Wildman–Crippen LogP) is 0.259. The Labute approximate surface area is 589 Å². The van der Waals surface area contributed by atoms with Crippen LogP contribution in [0.3, 0.4) is 0 Å². The molecule has 0 aliphatic carbocycles. The monoisotopic (exact) mass is 1520 g/mol. The number of benzene rings is 2. The van der Waals surface area contributed by atoms with Crippen molar-refractivity contribution in [1.29, 1.82) is 0 Å². The van der Waals surface area contributed by atoms with Crippen LogP contribution in [-0.4, -0.2) is 288 Å². The first kappa shape index (κ1) is 85.1. The number of phenols is 1. The van der Waals surface area contributed by atoms with E-state index in [0.717, 1.165) is 4.90 Å². The van der Waals surface area contributed by atoms with E-state index in [1.165, 1.54) is 39.9 Å². The molecule has 1 aliphatic heterocycles. The maximum atomic E-state index is 14.8. The molecular formula is C64H91IN12O23. The third-order valence-electron chi connectivity index (χ3n) is 16.0. The molecule has 35 nitrogen and oxygen atoms in total. The van der Waals surface area contributed by atoms with E-state index in [0.29, 0.717) is 40.4 Å². The molecule has 36 heteroatoms. The lowest BCUT2D eigenvalue weighted by molar-refractivity contribution is -0.145. The van der Waals surface area contributed by atoms with E-state index >= 15 is 0 Å². The summed E-state index contributed by atoms with van der Waals surface area (Å²) >= 11 is 1.85. The zero-order valence-corrected chi connectivity index (χ0v) is 57.7. The molecule has 0 radical (unpaired) electrons. The van der Waals surface area contributed by atoms with E-state index < -0.39 is 164 Å². The van der Waals surface area contributed by atoms with Crippen LogP contribution in [0, 0.1) is 3.57 Å². The van der Waals surface area contributed by atoms with Crippen molar-refractivity contribution in [2.75, 3.05) is 92.1 Å². The Hall–Kier alpha value is -9.11. The standard InChI is InChI=1S/C64H91IN12O23/c1-73(59(91)47(35-41-18-21-50(78)42(65)34-41)69-52(80)22-20-48(63(98)99)77-32-30-75(38-55(85)86)28-26-74(37-54(83)84)27-29-76(31-33-77)39-56(87)88)49(36-40-12-4-2-5-13-40)58(90)70-44(60(92)93)15-9-11-25-68-57(89)43(66)14-6-3-7-17-51(79)67-24-10-8-16-45(61(94)95)71-64(100)72-46(62(96)97)19-23-53(81)82/h2,4-5,12-13,18,21,34,43,45-46,48-49,78H,3,6-11,14-17,19-20,22-33,35-39,66H2,1H3,(H,67,79)(H,68,89)(H,81,82)(H,83,84)(H,85,86)(H,87,88)(H,92,93)(H,94,95)(H,96,97)(H,98,99)(H2,71,72,100)/t43-,45-,46-,48?,49+/m0/s1. The third-order valence-corrected chi connectivity index (χ3v) is 16.9. The highest BCUT2D eigenvalue weighted by Crippen LogP contribution is 2.22. The third kappa shape index (κ3) is 34.1. The van der Waals surface area contributed by atoms with Crippen molar-refractivity contribution in [1.82, 2.24) is 45.8 Å². The molecule has 1 fully saturated rings. The normalized spacial score (nSPS) is 15.4. The summed E-state index contributed by atoms with van der Waals surface area (Å²) in [5, 5.41) is 97.3. The maximum absolute atomic E-state index is 14.8. The number of nitrogens with one attached hydrogen (secondary N) is 4. The summed E-state index contributed by atoms with van der Waals surface area (Å²) in [5.41, 5.74) is 6.05. The summed E-state index contributed by atoms with van der Waals surface area (Å²) in [7, 11) is 1.24. The van der Waals surface area contributed by atoms with Crippen molar-refractivity contribution in [3.05, 3.63) is 63.2 Å². The molecule has 7 amide bonds. The highest BCUT2D eigenvalue weighted by Gasteiger charge is 2.34. The van der Waals surface area contributed by atoms with Gasteiger partial charge in [0.2, 0.25) is 17.7 Å². The van der Waals surface area contributed by atoms with Crippen LogP contribution in [0.4, 0.5) is 4.79 Å². The maximum Gasteiger partial charge on any atom is 0.350 e. The van der Waals surface area contributed by atoms with Crippen LogP contribution in [0.25, 0.3) is 0 Å². The lowest BCUT2D eigenvalue weighted by atomic mass is 10.0. The minimum absolute atomic E-state index is 0.0249. The Bertz CT molecular complexity index is 3180. The number of phenolic OH excluding ortho intramolecular Hbond substituents is 1. The molecule has 0 bridgehead atoms. The second kappa shape index (κ2) is 45.5. The smallest absolute Gasteiger partial charge is 0.350 e. The molecule has 3 rings (SSSR count). The molecule has 0 saturated carbocycles. The molecule has 2 aromatic carbocycles. The van der Waals surface area contributed by atoms with Crippen molar-refractivity contribution in [3.8, 4) is 5.75 Å². The fraction of sp³-hybridized carbons (Fsp3) is 0.562. The molecular weight excluding hydrogens is 1430 g/mol. The largest absolute Gasteiger partial charge is 0.507 e. The molecule has 2 aromatic rings. The van der Waals surface area contributed by atoms with E-state index in [1.54, 1.807) is 35.2 Å². The van der Waals surface area contributed by atoms with Crippen LogP contribution in [0.1, 0.15) is 107 Å². The average Bonchev–Trinajstić information content (AvgIpc) is 0.826. The first-order valence-corrected chi connectivity index (χ1v) is 33.5. The van der Waals surface area contributed by atoms with Gasteiger partial charge in [-0.2, -0.15) is 0 Å². The Morgan fingerprint density at radius 1 is 0.550 bits per heavy atom. The number of halogens is 1. The zero-order chi connectivity index (χ0) is 74.4. The van der Waals surface area contributed by atoms with Gasteiger partial charge < -0.3 is 77.9 Å². The van der Waals surface area contributed by atoms with Gasteiger partial charge in [-0.05, 0) is 110 Å². The fourth-order valence-corrected chi connectivity index (χ4v) is 11.1. The lowest BCUT2D eigenvalue weighted by Crippen LogP contribution is -2.51. The minimum Gasteiger partial charge on any atom is -0.507 e. The number of carboxylic acids is 8. The second-order valence-electron chi connectivity index (χ2n) is 23.8. The number of carboxylic acid groups (broad SMARTS) is 8. The molecule has 1 saturated heterocycles. The number of carbonyl (C=O) groups is 14. The van der Waals surface area contributed by atoms with Crippen LogP contribution < -0.4 is 27.0 Å². The lowest BCUT2D eigenvalue weighted by Gasteiger charge is -2.35. The van der Waals surface area contributed by atoms with E-state index in [1.807, 2.05) is 27.9 Å². The van der Waals surface area contributed by atoms with Crippen molar-refractivity contribution in [2.45, 2.75) is 139 Å². The van der Waals surface area contributed by atoms with E-state index in [4.69, 9.17) is 10.8 Å². The first-order chi connectivity index (χ1) is 47.3. The molecule has 100 heavy (non-hydrogen) atoms. The number of hydrogen-bond acceptors (Lipinski definition) is 20. The van der Waals surface area contributed by atoms with Crippen molar-refractivity contribution >= 4 is 117 Å². The Balaban J connectivity index is 1.67. The number of urea groups is 1. The van der Waals surface area contributed by atoms with Crippen LogP contribution in [-0.2, 0) is 75.2 Å². The van der Waals surface area contributed by atoms with Gasteiger partial charge in [0.25, 0.3) is 11.8 Å². The SMILES string of the molecule is CN(C(=O)C(Cc1ccc(O)c(I)c1)=NC(=O)CCC(C(=O)O)N1CCN(CC(=O)O)CCN(CC(=O)O)CCN(CC(=O)O)CC1)[C@H](Cc1ccccc1)C(=O)N=C(CCCCNC(=O)[C@@H](N)CCCCCC(=O)NCCCC[C@H](NC(=O)N[C@@H](CCC(=O)O)C(=O)O)C(=O)O)C(=O)O. The summed E-state index contributed by atoms with van der Waals surface area (Å²) in [6.07, 6.45) is 0.0808. The summed E-state index contributed by atoms with van der Waals surface area (Å²) in [6, 6.07) is 4.81. The van der Waals surface area contributed by atoms with Crippen LogP contribution >= 0.6 is 22.6 Å². The van der Waals surface area contributed by atoms with Crippen LogP contribution in [0.2, 0.25) is 0 Å². The molecule has 15 N–H and O–H groups in total. The molecule has 0 aromatic heterocycles. The number of hydrogen-bond donors (Lipinski definition) is 14. The van der Waals surface area contributed by atoms with Crippen LogP contribution in [0.5, 0.6) is 5.75 Å². The fourth-order valence-electron chi connectivity index (χ4n) is 10.5. The number of amides is 7. The number of aliphatic imine (C=N–C) groups is 2. The van der Waals surface area contributed by atoms with Gasteiger partial charge in [-0.1, -0.05) is 49.2 Å². The van der Waals surface area contributed by atoms with Gasteiger partial charge in [0.1, 0.15) is 41.3 Å². The Morgan fingerprint density at radius 2 is 1.08 bits per heavy atom. The molecule has 1 heterocycles. The molecule has 0 spiro atoms. The molecule has 5 atom stereocenters. The van der Waals surface area contributed by atoms with E-state index in [2.05, 4.69) is 25.9 Å². The average molecular weight is 1520 g/mol. The number of aromatic hydroxyl groups is 1. The highest BCUT2D eigenvalue weighted by molar-refractivity contribution is 14.1. The Morgan fingerprint density at radius 3 is 1.61 bits per heavy atom. The number of carbonyl (C=O) groups excluding carboxylic acids is 6. The van der Waals surface area contributed by atoms with E-state index in [9.17, 15) is 108 Å². The highest BCUT2D eigenvalue weighted by atomic mass is 127. The number of likely N-dealkylation sites (N-methyl/N-ethyl adjacent to an activating group) is 1. The summed E-state index contributed by atoms with van der Waals surface area (Å²) < 4.78 is 0.365. The van der Waals surface area contributed by atoms with Crippen molar-refractivity contribution in [3.63, 3.8) is 0 Å². The second-order valence-corrected chi connectivity index (χ2v) is 25.0. The quantitative estimate of drug-likeness (QED) is 0.0240. The van der Waals surface area contributed by atoms with Crippen molar-refractivity contribution < 1.29 is 113 Å². The number of unbranched alkanes of at least 4 members (excludes halogenated alkanes) is 4. The predicted molar refractivity (Wildman–Crippen MR) is 364 cm³/mol. The summed E-state index contributed by atoms with van der Waals surface area (Å²) in [5.74, 6) is -14.5. The van der Waals surface area contributed by atoms with Crippen LogP contribution in [0.15, 0.2) is 58.5 Å². The number of nitrogens with zero attached hydrogens (tertiary/aromatic N) is 7. The van der Waals surface area contributed by atoms with Gasteiger partial charge in [-0.15, -0.1) is 0 Å². The molecule has 1 aliphatic rings. The topological polar surface area (TPSA) is 536 Å². The molecule has 552 valence electrons. The van der Waals surface area contributed by atoms with Gasteiger partial charge in [-0.25, -0.2) is 29.2 Å². The Kier molecular flexibility index (Phi) is 38.8. The number of nitrogens with two attached hydrogens (primary N) is 1. The summed E-state index contributed by atoms with van der Waals surface area (Å²) in [4.78, 5) is 191.